The third kappa shape index (κ3) is 4.59. The minimum atomic E-state index is -3.86. The fraction of sp³-hybridized carbons (Fsp3) is 0.381. The Morgan fingerprint density at radius 1 is 1.26 bits per heavy atom. The molecule has 2 aromatic rings. The Kier molecular flexibility index (Phi) is 6.15. The lowest BCUT2D eigenvalue weighted by molar-refractivity contribution is -0.132. The summed E-state index contributed by atoms with van der Waals surface area (Å²) in [6, 6.07) is 8.31. The van der Waals surface area contributed by atoms with Crippen LogP contribution in [0.3, 0.4) is 0 Å². The van der Waals surface area contributed by atoms with E-state index >= 15 is 0 Å². The summed E-state index contributed by atoms with van der Waals surface area (Å²) >= 11 is 0. The number of aromatic nitrogens is 1. The Morgan fingerprint density at radius 3 is 2.45 bits per heavy atom. The molecule has 0 fully saturated rings. The maximum atomic E-state index is 14.9. The molecular formula is C21H24FN3O5S. The van der Waals surface area contributed by atoms with Gasteiger partial charge in [-0.1, -0.05) is 17.3 Å². The zero-order valence-electron chi connectivity index (χ0n) is 17.6. The standard InChI is InChI=1S/C21H24FN3O5S/c1-12-7-15(8-13(2)23-12)17-6-5-14(9-18(17)22)19-10-16(30-25-19)11-21(3,20(26)24-27)31(4,28)29/h5-9,16,27H,10-11H2,1-4H3,(H,24,26)/t16-,21?/m1/s1. The van der Waals surface area contributed by atoms with Crippen LogP contribution in [-0.4, -0.2) is 47.3 Å². The number of sulfone groups is 1. The van der Waals surface area contributed by atoms with Crippen LogP contribution in [0.5, 0.6) is 0 Å². The van der Waals surface area contributed by atoms with Crippen LogP contribution >= 0.6 is 0 Å². The molecule has 1 unspecified atom stereocenters. The number of hydroxylamine groups is 1. The van der Waals surface area contributed by atoms with Crippen LogP contribution in [0, 0.1) is 19.7 Å². The van der Waals surface area contributed by atoms with E-state index < -0.39 is 32.4 Å². The minimum Gasteiger partial charge on any atom is -0.392 e. The van der Waals surface area contributed by atoms with E-state index in [2.05, 4.69) is 10.1 Å². The topological polar surface area (TPSA) is 118 Å². The van der Waals surface area contributed by atoms with Gasteiger partial charge in [-0.05, 0) is 44.5 Å². The summed E-state index contributed by atoms with van der Waals surface area (Å²) in [6.45, 7) is 4.89. The molecule has 1 aromatic carbocycles. The van der Waals surface area contributed by atoms with Gasteiger partial charge in [-0.3, -0.25) is 15.0 Å². The zero-order chi connectivity index (χ0) is 23.0. The average Bonchev–Trinajstić information content (AvgIpc) is 3.13. The van der Waals surface area contributed by atoms with Gasteiger partial charge in [-0.25, -0.2) is 18.3 Å². The van der Waals surface area contributed by atoms with Gasteiger partial charge >= 0.3 is 0 Å². The molecule has 31 heavy (non-hydrogen) atoms. The van der Waals surface area contributed by atoms with Crippen molar-refractivity contribution in [2.45, 2.75) is 44.5 Å². The maximum absolute atomic E-state index is 14.9. The Labute approximate surface area is 180 Å². The summed E-state index contributed by atoms with van der Waals surface area (Å²) in [5, 5.41) is 12.9. The van der Waals surface area contributed by atoms with E-state index in [0.717, 1.165) is 23.2 Å². The molecule has 0 radical (unpaired) electrons. The summed E-state index contributed by atoms with van der Waals surface area (Å²) in [4.78, 5) is 21.6. The molecule has 1 aliphatic heterocycles. The van der Waals surface area contributed by atoms with Crippen molar-refractivity contribution in [2.75, 3.05) is 6.26 Å². The summed E-state index contributed by atoms with van der Waals surface area (Å²) < 4.78 is 37.2. The first-order valence-electron chi connectivity index (χ1n) is 9.57. The van der Waals surface area contributed by atoms with Crippen molar-refractivity contribution in [1.82, 2.24) is 10.5 Å². The molecular weight excluding hydrogens is 425 g/mol. The molecule has 0 saturated carbocycles. The van der Waals surface area contributed by atoms with Crippen molar-refractivity contribution in [1.29, 1.82) is 0 Å². The van der Waals surface area contributed by atoms with Crippen LogP contribution in [-0.2, 0) is 19.5 Å². The second-order valence-corrected chi connectivity index (χ2v) is 10.4. The Balaban J connectivity index is 1.80. The van der Waals surface area contributed by atoms with Crippen LogP contribution < -0.4 is 5.48 Å². The van der Waals surface area contributed by atoms with E-state index in [4.69, 9.17) is 10.0 Å². The molecule has 166 valence electrons. The number of hydrogen-bond acceptors (Lipinski definition) is 7. The first kappa shape index (κ1) is 22.8. The Morgan fingerprint density at radius 2 is 1.90 bits per heavy atom. The fourth-order valence-corrected chi connectivity index (χ4v) is 4.46. The molecule has 0 bridgehead atoms. The van der Waals surface area contributed by atoms with Gasteiger partial charge in [-0.2, -0.15) is 0 Å². The van der Waals surface area contributed by atoms with Gasteiger partial charge < -0.3 is 4.84 Å². The largest absolute Gasteiger partial charge is 0.392 e. The molecule has 8 nitrogen and oxygen atoms in total. The molecule has 1 aliphatic rings. The monoisotopic (exact) mass is 449 g/mol. The van der Waals surface area contributed by atoms with E-state index in [0.29, 0.717) is 16.8 Å². The predicted molar refractivity (Wildman–Crippen MR) is 113 cm³/mol. The van der Waals surface area contributed by atoms with Crippen LogP contribution in [0.4, 0.5) is 4.39 Å². The Bertz CT molecular complexity index is 1150. The highest BCUT2D eigenvalue weighted by atomic mass is 32.2. The summed E-state index contributed by atoms with van der Waals surface area (Å²) in [7, 11) is -3.86. The summed E-state index contributed by atoms with van der Waals surface area (Å²) in [6.07, 6.45) is 0.160. The van der Waals surface area contributed by atoms with Crippen molar-refractivity contribution >= 4 is 21.5 Å². The molecule has 1 aromatic heterocycles. The van der Waals surface area contributed by atoms with Crippen molar-refractivity contribution in [2.24, 2.45) is 5.16 Å². The molecule has 3 rings (SSSR count). The van der Waals surface area contributed by atoms with Crippen molar-refractivity contribution < 1.29 is 27.6 Å². The SMILES string of the molecule is Cc1cc(-c2ccc(C3=NO[C@@H](CC(C)(C(=O)NO)S(C)(=O)=O)C3)cc2F)cc(C)n1. The molecule has 2 N–H and O–H groups in total. The number of pyridine rings is 1. The van der Waals surface area contributed by atoms with E-state index in [1.54, 1.807) is 24.3 Å². The van der Waals surface area contributed by atoms with E-state index in [9.17, 15) is 17.6 Å². The fourth-order valence-electron chi connectivity index (χ4n) is 3.59. The lowest BCUT2D eigenvalue weighted by atomic mass is 9.95. The quantitative estimate of drug-likeness (QED) is 0.517. The number of nitrogens with one attached hydrogen (secondary N) is 1. The normalized spacial score (nSPS) is 18.1. The molecule has 0 aliphatic carbocycles. The Hall–Kier alpha value is -2.85. The lowest BCUT2D eigenvalue weighted by Gasteiger charge is -2.26. The first-order chi connectivity index (χ1) is 14.4. The second-order valence-electron chi connectivity index (χ2n) is 7.95. The number of carbonyl (C=O) groups excluding carboxylic acids is 1. The maximum Gasteiger partial charge on any atom is 0.264 e. The first-order valence-corrected chi connectivity index (χ1v) is 11.5. The van der Waals surface area contributed by atoms with Gasteiger partial charge in [0.25, 0.3) is 5.91 Å². The number of aryl methyl sites for hydroxylation is 2. The van der Waals surface area contributed by atoms with Gasteiger partial charge in [0.15, 0.2) is 14.6 Å². The van der Waals surface area contributed by atoms with Crippen molar-refractivity contribution in [3.63, 3.8) is 0 Å². The smallest absolute Gasteiger partial charge is 0.264 e. The summed E-state index contributed by atoms with van der Waals surface area (Å²) in [5.41, 5.74) is 5.06. The van der Waals surface area contributed by atoms with Gasteiger partial charge in [-0.15, -0.1) is 0 Å². The highest BCUT2D eigenvalue weighted by Gasteiger charge is 2.47. The van der Waals surface area contributed by atoms with Gasteiger partial charge in [0.05, 0.1) is 5.71 Å². The molecule has 1 amide bonds. The van der Waals surface area contributed by atoms with Crippen molar-refractivity contribution in [3.8, 4) is 11.1 Å². The number of hydrogen-bond donors (Lipinski definition) is 2. The number of benzene rings is 1. The number of amides is 1. The van der Waals surface area contributed by atoms with Crippen LogP contribution in [0.25, 0.3) is 11.1 Å². The number of oxime groups is 1. The molecule has 10 heteroatoms. The van der Waals surface area contributed by atoms with Crippen LogP contribution in [0.15, 0.2) is 35.5 Å². The number of carbonyl (C=O) groups is 1. The van der Waals surface area contributed by atoms with Gasteiger partial charge in [0.2, 0.25) is 0 Å². The van der Waals surface area contributed by atoms with Crippen LogP contribution in [0.1, 0.15) is 36.7 Å². The predicted octanol–water partition coefficient (Wildman–Crippen LogP) is 2.70. The highest BCUT2D eigenvalue weighted by molar-refractivity contribution is 7.92. The van der Waals surface area contributed by atoms with Gasteiger partial charge in [0.1, 0.15) is 11.9 Å². The number of rotatable bonds is 6. The van der Waals surface area contributed by atoms with E-state index in [1.165, 1.54) is 18.5 Å². The number of halogens is 1. The third-order valence-corrected chi connectivity index (χ3v) is 7.43. The minimum absolute atomic E-state index is 0.191. The van der Waals surface area contributed by atoms with E-state index in [1.807, 2.05) is 13.8 Å². The average molecular weight is 450 g/mol. The van der Waals surface area contributed by atoms with E-state index in [-0.39, 0.29) is 12.8 Å². The number of nitrogens with zero attached hydrogens (tertiary/aromatic N) is 2. The van der Waals surface area contributed by atoms with Crippen LogP contribution in [0.2, 0.25) is 0 Å². The molecule has 2 atom stereocenters. The third-order valence-electron chi connectivity index (χ3n) is 5.45. The zero-order valence-corrected chi connectivity index (χ0v) is 18.5. The van der Waals surface area contributed by atoms with Crippen molar-refractivity contribution in [3.05, 3.63) is 53.1 Å². The second kappa shape index (κ2) is 8.35. The van der Waals surface area contributed by atoms with Gasteiger partial charge in [0, 0.05) is 41.6 Å². The summed E-state index contributed by atoms with van der Waals surface area (Å²) in [5.74, 6) is -1.49. The highest BCUT2D eigenvalue weighted by Crippen LogP contribution is 2.31. The lowest BCUT2D eigenvalue weighted by Crippen LogP contribution is -2.51. The molecule has 0 spiro atoms. The molecule has 2 heterocycles. The molecule has 0 saturated heterocycles.